The second-order valence-corrected chi connectivity index (χ2v) is 10.2. The number of hydrogen-bond donors (Lipinski definition) is 1. The molecule has 0 bridgehead atoms. The fourth-order valence-corrected chi connectivity index (χ4v) is 5.19. The minimum absolute atomic E-state index is 0.00605. The lowest BCUT2D eigenvalue weighted by molar-refractivity contribution is -0.134. The lowest BCUT2D eigenvalue weighted by Crippen LogP contribution is -2.25. The summed E-state index contributed by atoms with van der Waals surface area (Å²) >= 11 is 0. The SMILES string of the molecule is O=C(Cc1ccc(-c2ccccc2)cc1-c1ccccc1)C(=O)Nc1ccc(-c2ccccc2)cc1-c1ccccc1. The van der Waals surface area contributed by atoms with Crippen molar-refractivity contribution >= 4 is 17.4 Å². The van der Waals surface area contributed by atoms with E-state index in [0.29, 0.717) is 5.69 Å². The van der Waals surface area contributed by atoms with Gasteiger partial charge in [-0.3, -0.25) is 9.59 Å². The molecular formula is C39H29NO2. The molecule has 0 saturated carbocycles. The molecule has 3 heteroatoms. The Bertz CT molecular complexity index is 1690. The van der Waals surface area contributed by atoms with Gasteiger partial charge in [0.1, 0.15) is 0 Å². The Balaban J connectivity index is 1.29. The summed E-state index contributed by atoms with van der Waals surface area (Å²) in [7, 11) is 0. The van der Waals surface area contributed by atoms with E-state index in [1.807, 2.05) is 121 Å². The summed E-state index contributed by atoms with van der Waals surface area (Å²) in [5.41, 5.74) is 9.43. The highest BCUT2D eigenvalue weighted by Gasteiger charge is 2.19. The molecule has 0 radical (unpaired) electrons. The maximum Gasteiger partial charge on any atom is 0.292 e. The summed E-state index contributed by atoms with van der Waals surface area (Å²) in [6.45, 7) is 0. The standard InChI is InChI=1S/C39H29NO2/c41-38(27-34-22-21-32(28-13-5-1-6-14-28)25-35(34)30-17-9-3-10-18-30)39(42)40-37-24-23-33(29-15-7-2-8-16-29)26-36(37)31-19-11-4-12-20-31/h1-26H,27H2,(H,40,42). The predicted molar refractivity (Wildman–Crippen MR) is 172 cm³/mol. The number of nitrogens with one attached hydrogen (secondary N) is 1. The molecule has 0 aliphatic heterocycles. The van der Waals surface area contributed by atoms with Crippen LogP contribution in [0.1, 0.15) is 5.56 Å². The molecular weight excluding hydrogens is 514 g/mol. The van der Waals surface area contributed by atoms with Crippen LogP contribution in [-0.4, -0.2) is 11.7 Å². The molecule has 3 nitrogen and oxygen atoms in total. The number of benzene rings is 6. The first kappa shape index (κ1) is 26.7. The zero-order chi connectivity index (χ0) is 28.7. The highest BCUT2D eigenvalue weighted by atomic mass is 16.2. The van der Waals surface area contributed by atoms with Crippen molar-refractivity contribution in [2.45, 2.75) is 6.42 Å². The number of rotatable bonds is 8. The third kappa shape index (κ3) is 5.96. The Morgan fingerprint density at radius 2 is 0.857 bits per heavy atom. The highest BCUT2D eigenvalue weighted by molar-refractivity contribution is 6.41. The monoisotopic (exact) mass is 543 g/mol. The van der Waals surface area contributed by atoms with Gasteiger partial charge in [0.2, 0.25) is 5.78 Å². The van der Waals surface area contributed by atoms with Gasteiger partial charge in [-0.25, -0.2) is 0 Å². The molecule has 0 aliphatic rings. The number of anilines is 1. The first-order valence-electron chi connectivity index (χ1n) is 14.0. The predicted octanol–water partition coefficient (Wildman–Crippen LogP) is 9.10. The Labute approximate surface area is 246 Å². The van der Waals surface area contributed by atoms with Gasteiger partial charge in [-0.05, 0) is 62.7 Å². The first-order chi connectivity index (χ1) is 20.7. The number of carbonyl (C=O) groups is 2. The average Bonchev–Trinajstić information content (AvgIpc) is 3.06. The van der Waals surface area contributed by atoms with E-state index >= 15 is 0 Å². The molecule has 202 valence electrons. The maximum absolute atomic E-state index is 13.4. The molecule has 1 N–H and O–H groups in total. The Morgan fingerprint density at radius 3 is 1.38 bits per heavy atom. The fraction of sp³-hybridized carbons (Fsp3) is 0.0256. The zero-order valence-corrected chi connectivity index (χ0v) is 23.0. The van der Waals surface area contributed by atoms with Crippen molar-refractivity contribution in [3.63, 3.8) is 0 Å². The van der Waals surface area contributed by atoms with E-state index < -0.39 is 11.7 Å². The van der Waals surface area contributed by atoms with Crippen LogP contribution in [-0.2, 0) is 16.0 Å². The van der Waals surface area contributed by atoms with Gasteiger partial charge in [0.25, 0.3) is 5.91 Å². The number of amides is 1. The molecule has 1 amide bonds. The van der Waals surface area contributed by atoms with E-state index in [0.717, 1.165) is 50.1 Å². The van der Waals surface area contributed by atoms with Crippen molar-refractivity contribution in [2.24, 2.45) is 0 Å². The van der Waals surface area contributed by atoms with Crippen molar-refractivity contribution in [3.8, 4) is 44.5 Å². The van der Waals surface area contributed by atoms with Crippen LogP contribution in [0.5, 0.6) is 0 Å². The topological polar surface area (TPSA) is 46.2 Å². The molecule has 6 aromatic rings. The van der Waals surface area contributed by atoms with E-state index in [1.54, 1.807) is 0 Å². The Morgan fingerprint density at radius 1 is 0.429 bits per heavy atom. The van der Waals surface area contributed by atoms with Crippen LogP contribution < -0.4 is 5.32 Å². The Hall–Kier alpha value is -5.54. The van der Waals surface area contributed by atoms with Crippen LogP contribution in [0, 0.1) is 0 Å². The van der Waals surface area contributed by atoms with E-state index in [1.165, 1.54) is 0 Å². The van der Waals surface area contributed by atoms with E-state index in [9.17, 15) is 9.59 Å². The van der Waals surface area contributed by atoms with Crippen molar-refractivity contribution in [3.05, 3.63) is 163 Å². The average molecular weight is 544 g/mol. The number of hydrogen-bond acceptors (Lipinski definition) is 2. The molecule has 0 fully saturated rings. The summed E-state index contributed by atoms with van der Waals surface area (Å²) in [6.07, 6.45) is -0.00605. The van der Waals surface area contributed by atoms with Crippen LogP contribution in [0.4, 0.5) is 5.69 Å². The third-order valence-corrected chi connectivity index (χ3v) is 7.37. The maximum atomic E-state index is 13.4. The van der Waals surface area contributed by atoms with Crippen LogP contribution in [0.25, 0.3) is 44.5 Å². The summed E-state index contributed by atoms with van der Waals surface area (Å²) in [5.74, 6) is -1.13. The second kappa shape index (κ2) is 12.3. The molecule has 0 aliphatic carbocycles. The van der Waals surface area contributed by atoms with Gasteiger partial charge in [0, 0.05) is 17.7 Å². The van der Waals surface area contributed by atoms with Gasteiger partial charge in [-0.2, -0.15) is 0 Å². The quantitative estimate of drug-likeness (QED) is 0.195. The summed E-state index contributed by atoms with van der Waals surface area (Å²) in [6, 6.07) is 52.1. The van der Waals surface area contributed by atoms with Gasteiger partial charge < -0.3 is 5.32 Å². The molecule has 0 aromatic heterocycles. The van der Waals surface area contributed by atoms with Crippen molar-refractivity contribution in [1.82, 2.24) is 0 Å². The number of Topliss-reactive ketones (excluding diaryl/α,β-unsaturated/α-hetero) is 1. The van der Waals surface area contributed by atoms with Crippen molar-refractivity contribution in [2.75, 3.05) is 5.32 Å². The fourth-order valence-electron chi connectivity index (χ4n) is 5.19. The molecule has 42 heavy (non-hydrogen) atoms. The van der Waals surface area contributed by atoms with Gasteiger partial charge >= 0.3 is 0 Å². The minimum atomic E-state index is -0.634. The second-order valence-electron chi connectivity index (χ2n) is 10.2. The van der Waals surface area contributed by atoms with Crippen LogP contribution >= 0.6 is 0 Å². The van der Waals surface area contributed by atoms with E-state index in [2.05, 4.69) is 41.7 Å². The smallest absolute Gasteiger partial charge is 0.292 e. The van der Waals surface area contributed by atoms with Crippen LogP contribution in [0.2, 0.25) is 0 Å². The normalized spacial score (nSPS) is 10.7. The largest absolute Gasteiger partial charge is 0.319 e. The molecule has 0 unspecified atom stereocenters. The summed E-state index contributed by atoms with van der Waals surface area (Å²) in [4.78, 5) is 26.7. The molecule has 6 rings (SSSR count). The minimum Gasteiger partial charge on any atom is -0.319 e. The third-order valence-electron chi connectivity index (χ3n) is 7.37. The molecule has 0 spiro atoms. The summed E-state index contributed by atoms with van der Waals surface area (Å²) < 4.78 is 0. The highest BCUT2D eigenvalue weighted by Crippen LogP contribution is 2.34. The molecule has 6 aromatic carbocycles. The van der Waals surface area contributed by atoms with Gasteiger partial charge in [-0.15, -0.1) is 0 Å². The lowest BCUT2D eigenvalue weighted by Gasteiger charge is -2.15. The van der Waals surface area contributed by atoms with Crippen LogP contribution in [0.15, 0.2) is 158 Å². The van der Waals surface area contributed by atoms with Crippen molar-refractivity contribution in [1.29, 1.82) is 0 Å². The summed E-state index contributed by atoms with van der Waals surface area (Å²) in [5, 5.41) is 2.92. The van der Waals surface area contributed by atoms with E-state index in [4.69, 9.17) is 0 Å². The van der Waals surface area contributed by atoms with Crippen LogP contribution in [0.3, 0.4) is 0 Å². The Kier molecular flexibility index (Phi) is 7.82. The number of ketones is 1. The van der Waals surface area contributed by atoms with E-state index in [-0.39, 0.29) is 6.42 Å². The van der Waals surface area contributed by atoms with Gasteiger partial charge in [-0.1, -0.05) is 140 Å². The van der Waals surface area contributed by atoms with Gasteiger partial charge in [0.05, 0.1) is 0 Å². The molecule has 0 atom stereocenters. The molecule has 0 saturated heterocycles. The van der Waals surface area contributed by atoms with Gasteiger partial charge in [0.15, 0.2) is 0 Å². The van der Waals surface area contributed by atoms with Crippen molar-refractivity contribution < 1.29 is 9.59 Å². The zero-order valence-electron chi connectivity index (χ0n) is 23.0. The lowest BCUT2D eigenvalue weighted by atomic mass is 9.92. The number of carbonyl (C=O) groups excluding carboxylic acids is 2. The first-order valence-corrected chi connectivity index (χ1v) is 14.0. The molecule has 0 heterocycles.